The first-order valence-corrected chi connectivity index (χ1v) is 5.54. The molecule has 0 unspecified atom stereocenters. The number of hydrogen-bond donors (Lipinski definition) is 1. The molecule has 0 saturated heterocycles. The van der Waals surface area contributed by atoms with Crippen LogP contribution >= 0.6 is 0 Å². The van der Waals surface area contributed by atoms with Crippen molar-refractivity contribution in [3.8, 4) is 11.3 Å². The zero-order valence-corrected chi connectivity index (χ0v) is 9.86. The molecular formula is C13H14N2O2. The van der Waals surface area contributed by atoms with Crippen molar-refractivity contribution in [2.24, 2.45) is 0 Å². The number of aromatic nitrogens is 1. The quantitative estimate of drug-likeness (QED) is 0.880. The van der Waals surface area contributed by atoms with E-state index < -0.39 is 0 Å². The van der Waals surface area contributed by atoms with Crippen LogP contribution in [0.25, 0.3) is 11.3 Å². The molecule has 1 N–H and O–H groups in total. The lowest BCUT2D eigenvalue weighted by Gasteiger charge is -2.02. The first kappa shape index (κ1) is 11.4. The fourth-order valence-electron chi connectivity index (χ4n) is 1.68. The van der Waals surface area contributed by atoms with E-state index in [-0.39, 0.29) is 5.91 Å². The Morgan fingerprint density at radius 2 is 2.06 bits per heavy atom. The average molecular weight is 230 g/mol. The summed E-state index contributed by atoms with van der Waals surface area (Å²) in [6.07, 6.45) is 0. The Bertz CT molecular complexity index is 517. The van der Waals surface area contributed by atoms with Crippen LogP contribution in [0.3, 0.4) is 0 Å². The fraction of sp³-hybridized carbons (Fsp3) is 0.231. The molecule has 2 aromatic rings. The maximum atomic E-state index is 11.9. The average Bonchev–Trinajstić information content (AvgIpc) is 2.73. The van der Waals surface area contributed by atoms with E-state index >= 15 is 0 Å². The Morgan fingerprint density at radius 1 is 1.35 bits per heavy atom. The third-order valence-electron chi connectivity index (χ3n) is 2.47. The molecule has 1 aromatic heterocycles. The molecule has 0 saturated carbocycles. The summed E-state index contributed by atoms with van der Waals surface area (Å²) in [6.45, 7) is 4.20. The van der Waals surface area contributed by atoms with Gasteiger partial charge in [0, 0.05) is 12.1 Å². The zero-order chi connectivity index (χ0) is 12.3. The molecule has 0 aliphatic heterocycles. The van der Waals surface area contributed by atoms with Crippen LogP contribution in [0.4, 0.5) is 0 Å². The Hall–Kier alpha value is -2.10. The molecule has 0 radical (unpaired) electrons. The zero-order valence-electron chi connectivity index (χ0n) is 9.86. The molecule has 2 rings (SSSR count). The lowest BCUT2D eigenvalue weighted by atomic mass is 10.1. The van der Waals surface area contributed by atoms with E-state index in [0.717, 1.165) is 5.56 Å². The van der Waals surface area contributed by atoms with Gasteiger partial charge in [0.15, 0.2) is 0 Å². The smallest absolute Gasteiger partial charge is 0.257 e. The van der Waals surface area contributed by atoms with Crippen molar-refractivity contribution in [1.82, 2.24) is 10.5 Å². The van der Waals surface area contributed by atoms with Gasteiger partial charge in [0.05, 0.1) is 0 Å². The molecule has 0 aliphatic carbocycles. The van der Waals surface area contributed by atoms with E-state index in [1.165, 1.54) is 0 Å². The number of aryl methyl sites for hydroxylation is 1. The van der Waals surface area contributed by atoms with Crippen molar-refractivity contribution >= 4 is 5.91 Å². The predicted molar refractivity (Wildman–Crippen MR) is 64.7 cm³/mol. The van der Waals surface area contributed by atoms with E-state index in [0.29, 0.717) is 23.6 Å². The van der Waals surface area contributed by atoms with Crippen molar-refractivity contribution < 1.29 is 9.32 Å². The summed E-state index contributed by atoms with van der Waals surface area (Å²) in [5.41, 5.74) is 1.98. The predicted octanol–water partition coefficient (Wildman–Crippen LogP) is 2.40. The highest BCUT2D eigenvalue weighted by molar-refractivity contribution is 6.00. The molecule has 0 atom stereocenters. The molecule has 1 aromatic carbocycles. The van der Waals surface area contributed by atoms with Gasteiger partial charge in [-0.25, -0.2) is 0 Å². The number of rotatable bonds is 3. The molecule has 1 heterocycles. The largest absolute Gasteiger partial charge is 0.360 e. The van der Waals surface area contributed by atoms with Crippen LogP contribution in [-0.4, -0.2) is 17.6 Å². The fourth-order valence-corrected chi connectivity index (χ4v) is 1.68. The third-order valence-corrected chi connectivity index (χ3v) is 2.47. The van der Waals surface area contributed by atoms with Crippen LogP contribution < -0.4 is 5.32 Å². The van der Waals surface area contributed by atoms with Crippen molar-refractivity contribution in [2.45, 2.75) is 13.8 Å². The summed E-state index contributed by atoms with van der Waals surface area (Å²) in [5.74, 6) is 0.389. The minimum absolute atomic E-state index is 0.148. The Balaban J connectivity index is 2.46. The lowest BCUT2D eigenvalue weighted by molar-refractivity contribution is 0.0955. The van der Waals surface area contributed by atoms with Gasteiger partial charge in [-0.05, 0) is 13.8 Å². The van der Waals surface area contributed by atoms with Crippen molar-refractivity contribution in [3.05, 3.63) is 41.7 Å². The number of nitrogens with zero attached hydrogens (tertiary/aromatic N) is 1. The maximum absolute atomic E-state index is 11.9. The van der Waals surface area contributed by atoms with E-state index in [1.54, 1.807) is 6.92 Å². The highest BCUT2D eigenvalue weighted by atomic mass is 16.5. The van der Waals surface area contributed by atoms with Crippen molar-refractivity contribution in [2.75, 3.05) is 6.54 Å². The molecule has 17 heavy (non-hydrogen) atoms. The minimum Gasteiger partial charge on any atom is -0.360 e. The summed E-state index contributed by atoms with van der Waals surface area (Å²) < 4.78 is 5.11. The second kappa shape index (κ2) is 4.82. The summed E-state index contributed by atoms with van der Waals surface area (Å²) in [7, 11) is 0. The number of carbonyl (C=O) groups is 1. The molecule has 0 fully saturated rings. The summed E-state index contributed by atoms with van der Waals surface area (Å²) in [5, 5.41) is 6.71. The number of amides is 1. The van der Waals surface area contributed by atoms with Gasteiger partial charge in [0.25, 0.3) is 5.91 Å². The molecule has 0 spiro atoms. The molecule has 4 nitrogen and oxygen atoms in total. The van der Waals surface area contributed by atoms with Gasteiger partial charge in [-0.15, -0.1) is 0 Å². The Kier molecular flexibility index (Phi) is 3.23. The highest BCUT2D eigenvalue weighted by Gasteiger charge is 2.20. The van der Waals surface area contributed by atoms with Crippen LogP contribution in [0.5, 0.6) is 0 Å². The monoisotopic (exact) mass is 230 g/mol. The standard InChI is InChI=1S/C13H14N2O2/c1-3-14-13(16)11-9(2)17-15-12(11)10-7-5-4-6-8-10/h4-8H,3H2,1-2H3,(H,14,16). The van der Waals surface area contributed by atoms with Gasteiger partial charge in [0.2, 0.25) is 0 Å². The topological polar surface area (TPSA) is 55.1 Å². The summed E-state index contributed by atoms with van der Waals surface area (Å²) in [4.78, 5) is 11.9. The van der Waals surface area contributed by atoms with Gasteiger partial charge in [-0.2, -0.15) is 0 Å². The minimum atomic E-state index is -0.148. The summed E-state index contributed by atoms with van der Waals surface area (Å²) >= 11 is 0. The van der Waals surface area contributed by atoms with Crippen LogP contribution in [-0.2, 0) is 0 Å². The number of benzene rings is 1. The van der Waals surface area contributed by atoms with Crippen LogP contribution in [0.15, 0.2) is 34.9 Å². The van der Waals surface area contributed by atoms with E-state index in [2.05, 4.69) is 10.5 Å². The molecule has 0 aliphatic rings. The first-order chi connectivity index (χ1) is 8.24. The van der Waals surface area contributed by atoms with Crippen LogP contribution in [0.1, 0.15) is 23.0 Å². The Labute approximate surface area is 99.6 Å². The summed E-state index contributed by atoms with van der Waals surface area (Å²) in [6, 6.07) is 9.53. The molecule has 4 heteroatoms. The van der Waals surface area contributed by atoms with Gasteiger partial charge < -0.3 is 9.84 Å². The van der Waals surface area contributed by atoms with Gasteiger partial charge in [-0.3, -0.25) is 4.79 Å². The molecule has 88 valence electrons. The first-order valence-electron chi connectivity index (χ1n) is 5.54. The second-order valence-corrected chi connectivity index (χ2v) is 3.69. The number of nitrogens with one attached hydrogen (secondary N) is 1. The van der Waals surface area contributed by atoms with E-state index in [9.17, 15) is 4.79 Å². The molecule has 0 bridgehead atoms. The van der Waals surface area contributed by atoms with E-state index in [4.69, 9.17) is 4.52 Å². The third kappa shape index (κ3) is 2.20. The second-order valence-electron chi connectivity index (χ2n) is 3.69. The number of hydrogen-bond acceptors (Lipinski definition) is 3. The highest BCUT2D eigenvalue weighted by Crippen LogP contribution is 2.24. The molecule has 1 amide bonds. The van der Waals surface area contributed by atoms with Crippen LogP contribution in [0.2, 0.25) is 0 Å². The van der Waals surface area contributed by atoms with E-state index in [1.807, 2.05) is 37.3 Å². The van der Waals surface area contributed by atoms with Gasteiger partial charge in [-0.1, -0.05) is 35.5 Å². The lowest BCUT2D eigenvalue weighted by Crippen LogP contribution is -2.23. The Morgan fingerprint density at radius 3 is 2.71 bits per heavy atom. The van der Waals surface area contributed by atoms with Gasteiger partial charge in [0.1, 0.15) is 17.0 Å². The molecular weight excluding hydrogens is 216 g/mol. The maximum Gasteiger partial charge on any atom is 0.257 e. The van der Waals surface area contributed by atoms with Crippen LogP contribution in [0, 0.1) is 6.92 Å². The van der Waals surface area contributed by atoms with Crippen molar-refractivity contribution in [3.63, 3.8) is 0 Å². The number of carbonyl (C=O) groups excluding carboxylic acids is 1. The van der Waals surface area contributed by atoms with Gasteiger partial charge >= 0.3 is 0 Å². The SMILES string of the molecule is CCNC(=O)c1c(-c2ccccc2)noc1C. The normalized spacial score (nSPS) is 10.2. The van der Waals surface area contributed by atoms with Crippen molar-refractivity contribution in [1.29, 1.82) is 0 Å².